The maximum absolute atomic E-state index is 12.7. The van der Waals surface area contributed by atoms with Crippen LogP contribution in [-0.2, 0) is 0 Å². The number of hydrogen-bond acceptors (Lipinski definition) is 3. The third-order valence-corrected chi connectivity index (χ3v) is 2.52. The maximum Gasteiger partial charge on any atom is 0.142 e. The predicted molar refractivity (Wildman–Crippen MR) is 59.3 cm³/mol. The molecule has 1 aromatic carbocycles. The van der Waals surface area contributed by atoms with Gasteiger partial charge in [-0.15, -0.1) is 0 Å². The van der Waals surface area contributed by atoms with Crippen LogP contribution in [0.5, 0.6) is 5.75 Å². The molecule has 0 aliphatic rings. The quantitative estimate of drug-likeness (QED) is 0.605. The Morgan fingerprint density at radius 3 is 2.93 bits per heavy atom. The Labute approximate surface area is 87.6 Å². The number of ether oxygens (including phenoxy) is 1. The average molecular weight is 215 g/mol. The maximum atomic E-state index is 12.7. The summed E-state index contributed by atoms with van der Waals surface area (Å²) < 4.78 is 18.0. The minimum Gasteiger partial charge on any atom is -0.491 e. The van der Waals surface area contributed by atoms with Gasteiger partial charge < -0.3 is 10.5 Å². The molecule has 1 aromatic rings. The molecule has 0 amide bonds. The Hall–Kier alpha value is -0.900. The van der Waals surface area contributed by atoms with Gasteiger partial charge in [0, 0.05) is 11.8 Å². The van der Waals surface area contributed by atoms with E-state index in [0.717, 1.165) is 11.5 Å². The van der Waals surface area contributed by atoms with Gasteiger partial charge in [0.2, 0.25) is 0 Å². The van der Waals surface area contributed by atoms with Crippen LogP contribution in [0.2, 0.25) is 0 Å². The molecule has 4 heteroatoms. The smallest absolute Gasteiger partial charge is 0.142 e. The van der Waals surface area contributed by atoms with Gasteiger partial charge in [-0.1, -0.05) is 6.92 Å². The normalized spacial score (nSPS) is 10.1. The molecule has 0 aliphatic carbocycles. The van der Waals surface area contributed by atoms with Gasteiger partial charge in [0.25, 0.3) is 0 Å². The van der Waals surface area contributed by atoms with E-state index in [1.807, 2.05) is 0 Å². The molecule has 0 heterocycles. The van der Waals surface area contributed by atoms with Crippen molar-refractivity contribution in [3.05, 3.63) is 24.0 Å². The van der Waals surface area contributed by atoms with Gasteiger partial charge in [-0.3, -0.25) is 0 Å². The van der Waals surface area contributed by atoms with Gasteiger partial charge in [0.15, 0.2) is 0 Å². The molecular formula is C10H14FNOS. The van der Waals surface area contributed by atoms with Crippen molar-refractivity contribution < 1.29 is 9.13 Å². The molecule has 0 unspecified atom stereocenters. The lowest BCUT2D eigenvalue weighted by molar-refractivity contribution is 0.345. The second kappa shape index (κ2) is 5.75. The van der Waals surface area contributed by atoms with E-state index in [2.05, 4.69) is 6.92 Å². The SMILES string of the molecule is CCSCCOc1ccc(F)cc1N. The lowest BCUT2D eigenvalue weighted by Crippen LogP contribution is -2.02. The molecule has 0 saturated carbocycles. The van der Waals surface area contributed by atoms with Crippen molar-refractivity contribution >= 4 is 17.4 Å². The largest absolute Gasteiger partial charge is 0.491 e. The van der Waals surface area contributed by atoms with Crippen LogP contribution in [0.15, 0.2) is 18.2 Å². The van der Waals surface area contributed by atoms with Crippen molar-refractivity contribution in [2.24, 2.45) is 0 Å². The Balaban J connectivity index is 2.42. The van der Waals surface area contributed by atoms with Crippen LogP contribution < -0.4 is 10.5 Å². The monoisotopic (exact) mass is 215 g/mol. The zero-order valence-corrected chi connectivity index (χ0v) is 8.94. The highest BCUT2D eigenvalue weighted by Crippen LogP contribution is 2.21. The summed E-state index contributed by atoms with van der Waals surface area (Å²) in [7, 11) is 0. The van der Waals surface area contributed by atoms with Gasteiger partial charge in [0.05, 0.1) is 12.3 Å². The number of anilines is 1. The highest BCUT2D eigenvalue weighted by atomic mass is 32.2. The summed E-state index contributed by atoms with van der Waals surface area (Å²) in [6.45, 7) is 2.70. The summed E-state index contributed by atoms with van der Waals surface area (Å²) in [4.78, 5) is 0. The number of halogens is 1. The summed E-state index contributed by atoms with van der Waals surface area (Å²) in [5.41, 5.74) is 5.92. The molecule has 0 fully saturated rings. The summed E-state index contributed by atoms with van der Waals surface area (Å²) in [5.74, 6) is 2.22. The summed E-state index contributed by atoms with van der Waals surface area (Å²) in [6, 6.07) is 4.17. The summed E-state index contributed by atoms with van der Waals surface area (Å²) in [6.07, 6.45) is 0. The van der Waals surface area contributed by atoms with Crippen LogP contribution >= 0.6 is 11.8 Å². The van der Waals surface area contributed by atoms with Crippen molar-refractivity contribution in [2.75, 3.05) is 23.8 Å². The zero-order valence-electron chi connectivity index (χ0n) is 8.13. The number of thioether (sulfide) groups is 1. The van der Waals surface area contributed by atoms with Gasteiger partial charge in [-0.25, -0.2) is 4.39 Å². The van der Waals surface area contributed by atoms with Gasteiger partial charge in [-0.05, 0) is 17.9 Å². The van der Waals surface area contributed by atoms with Crippen LogP contribution in [0.3, 0.4) is 0 Å². The molecule has 0 aliphatic heterocycles. The lowest BCUT2D eigenvalue weighted by atomic mass is 10.3. The first-order chi connectivity index (χ1) is 6.74. The van der Waals surface area contributed by atoms with Crippen LogP contribution in [0.25, 0.3) is 0 Å². The van der Waals surface area contributed by atoms with Crippen molar-refractivity contribution in [1.29, 1.82) is 0 Å². The lowest BCUT2D eigenvalue weighted by Gasteiger charge is -2.07. The fourth-order valence-corrected chi connectivity index (χ4v) is 1.50. The molecule has 0 bridgehead atoms. The molecule has 78 valence electrons. The summed E-state index contributed by atoms with van der Waals surface area (Å²) in [5, 5.41) is 0. The average Bonchev–Trinajstić information content (AvgIpc) is 2.15. The van der Waals surface area contributed by atoms with Crippen molar-refractivity contribution in [1.82, 2.24) is 0 Å². The molecule has 0 atom stereocenters. The van der Waals surface area contributed by atoms with E-state index in [9.17, 15) is 4.39 Å². The molecule has 0 radical (unpaired) electrons. The van der Waals surface area contributed by atoms with Crippen LogP contribution in [0.4, 0.5) is 10.1 Å². The molecule has 1 rings (SSSR count). The fourth-order valence-electron chi connectivity index (χ4n) is 1.01. The van der Waals surface area contributed by atoms with E-state index in [1.54, 1.807) is 17.8 Å². The molecular weight excluding hydrogens is 201 g/mol. The Bertz CT molecular complexity index is 293. The van der Waals surface area contributed by atoms with E-state index in [1.165, 1.54) is 12.1 Å². The first kappa shape index (κ1) is 11.2. The second-order valence-electron chi connectivity index (χ2n) is 2.73. The Morgan fingerprint density at radius 1 is 1.50 bits per heavy atom. The van der Waals surface area contributed by atoms with E-state index < -0.39 is 0 Å². The van der Waals surface area contributed by atoms with E-state index in [-0.39, 0.29) is 5.82 Å². The fraction of sp³-hybridized carbons (Fsp3) is 0.400. The highest BCUT2D eigenvalue weighted by molar-refractivity contribution is 7.99. The number of hydrogen-bond donors (Lipinski definition) is 1. The highest BCUT2D eigenvalue weighted by Gasteiger charge is 2.00. The third kappa shape index (κ3) is 3.46. The number of nitrogen functional groups attached to an aromatic ring is 1. The zero-order chi connectivity index (χ0) is 10.4. The molecule has 0 spiro atoms. The third-order valence-electron chi connectivity index (χ3n) is 1.66. The second-order valence-corrected chi connectivity index (χ2v) is 4.12. The molecule has 14 heavy (non-hydrogen) atoms. The molecule has 2 nitrogen and oxygen atoms in total. The predicted octanol–water partition coefficient (Wildman–Crippen LogP) is 2.54. The van der Waals surface area contributed by atoms with Gasteiger partial charge in [-0.2, -0.15) is 11.8 Å². The minimum atomic E-state index is -0.335. The van der Waals surface area contributed by atoms with Crippen molar-refractivity contribution in [3.63, 3.8) is 0 Å². The topological polar surface area (TPSA) is 35.2 Å². The minimum absolute atomic E-state index is 0.335. The van der Waals surface area contributed by atoms with Crippen LogP contribution in [-0.4, -0.2) is 18.1 Å². The molecule has 0 aromatic heterocycles. The molecule has 2 N–H and O–H groups in total. The van der Waals surface area contributed by atoms with Crippen molar-refractivity contribution in [2.45, 2.75) is 6.92 Å². The van der Waals surface area contributed by atoms with Gasteiger partial charge in [0.1, 0.15) is 11.6 Å². The standard InChI is InChI=1S/C10H14FNOS/c1-2-14-6-5-13-10-4-3-8(11)7-9(10)12/h3-4,7H,2,5-6,12H2,1H3. The van der Waals surface area contributed by atoms with E-state index >= 15 is 0 Å². The number of nitrogens with two attached hydrogens (primary N) is 1. The van der Waals surface area contributed by atoms with E-state index in [0.29, 0.717) is 18.0 Å². The number of benzene rings is 1. The number of rotatable bonds is 5. The van der Waals surface area contributed by atoms with Crippen LogP contribution in [0, 0.1) is 5.82 Å². The van der Waals surface area contributed by atoms with E-state index in [4.69, 9.17) is 10.5 Å². The van der Waals surface area contributed by atoms with Crippen LogP contribution in [0.1, 0.15) is 6.92 Å². The first-order valence-corrected chi connectivity index (χ1v) is 5.65. The van der Waals surface area contributed by atoms with Gasteiger partial charge >= 0.3 is 0 Å². The molecule has 0 saturated heterocycles. The Morgan fingerprint density at radius 2 is 2.29 bits per heavy atom. The van der Waals surface area contributed by atoms with Crippen molar-refractivity contribution in [3.8, 4) is 5.75 Å². The Kier molecular flexibility index (Phi) is 4.59. The first-order valence-electron chi connectivity index (χ1n) is 4.49. The summed E-state index contributed by atoms with van der Waals surface area (Å²) >= 11 is 1.80.